The van der Waals surface area contributed by atoms with Crippen LogP contribution < -0.4 is 0 Å². The van der Waals surface area contributed by atoms with E-state index in [2.05, 4.69) is 30.8 Å². The largest absolute Gasteiger partial charge is 0.396 e. The van der Waals surface area contributed by atoms with Crippen LogP contribution in [-0.2, 0) is 0 Å². The second-order valence-electron chi connectivity index (χ2n) is 3.92. The first-order valence-corrected chi connectivity index (χ1v) is 5.32. The number of nitrogens with zero attached hydrogens (tertiary/aromatic N) is 3. The Morgan fingerprint density at radius 3 is 2.43 bits per heavy atom. The Balaban J connectivity index is 4.24. The maximum absolute atomic E-state index is 8.72. The summed E-state index contributed by atoms with van der Waals surface area (Å²) in [5, 5.41) is 12.6. The first-order chi connectivity index (χ1) is 6.67. The van der Waals surface area contributed by atoms with Crippen LogP contribution in [0.4, 0.5) is 0 Å². The van der Waals surface area contributed by atoms with Crippen molar-refractivity contribution in [3.05, 3.63) is 10.4 Å². The maximum atomic E-state index is 8.72. The SMILES string of the molecule is CCC(C)C(N=[N+]=[N-])C(C)CCCO. The van der Waals surface area contributed by atoms with Crippen molar-refractivity contribution in [3.63, 3.8) is 0 Å². The highest BCUT2D eigenvalue weighted by Gasteiger charge is 2.20. The van der Waals surface area contributed by atoms with Gasteiger partial charge in [0.15, 0.2) is 0 Å². The number of hydrogen-bond donors (Lipinski definition) is 1. The molecule has 82 valence electrons. The molecule has 0 aromatic heterocycles. The van der Waals surface area contributed by atoms with Crippen LogP contribution in [0.3, 0.4) is 0 Å². The van der Waals surface area contributed by atoms with Crippen molar-refractivity contribution in [2.75, 3.05) is 6.61 Å². The van der Waals surface area contributed by atoms with Crippen LogP contribution in [0.2, 0.25) is 0 Å². The molecule has 0 amide bonds. The number of rotatable bonds is 7. The van der Waals surface area contributed by atoms with Crippen LogP contribution >= 0.6 is 0 Å². The molecule has 4 heteroatoms. The summed E-state index contributed by atoms with van der Waals surface area (Å²) in [4.78, 5) is 2.90. The van der Waals surface area contributed by atoms with Crippen molar-refractivity contribution in [1.29, 1.82) is 0 Å². The molecule has 0 saturated carbocycles. The molecular formula is C10H21N3O. The highest BCUT2D eigenvalue weighted by molar-refractivity contribution is 4.78. The lowest BCUT2D eigenvalue weighted by atomic mass is 9.87. The Bertz CT molecular complexity index is 190. The predicted octanol–water partition coefficient (Wildman–Crippen LogP) is 3.12. The summed E-state index contributed by atoms with van der Waals surface area (Å²) < 4.78 is 0. The molecule has 0 aromatic carbocycles. The van der Waals surface area contributed by atoms with Gasteiger partial charge in [0.05, 0.1) is 0 Å². The molecule has 0 bridgehead atoms. The van der Waals surface area contributed by atoms with E-state index in [1.54, 1.807) is 0 Å². The van der Waals surface area contributed by atoms with Gasteiger partial charge in [-0.3, -0.25) is 0 Å². The number of aliphatic hydroxyl groups excluding tert-OH is 1. The fourth-order valence-corrected chi connectivity index (χ4v) is 1.67. The van der Waals surface area contributed by atoms with Gasteiger partial charge in [0.2, 0.25) is 0 Å². The predicted molar refractivity (Wildman–Crippen MR) is 57.9 cm³/mol. The third-order valence-corrected chi connectivity index (χ3v) is 2.81. The zero-order valence-corrected chi connectivity index (χ0v) is 9.35. The van der Waals surface area contributed by atoms with Crippen LogP contribution in [0, 0.1) is 11.8 Å². The summed E-state index contributed by atoms with van der Waals surface area (Å²) in [6.07, 6.45) is 2.73. The van der Waals surface area contributed by atoms with Gasteiger partial charge in [-0.05, 0) is 30.2 Å². The van der Waals surface area contributed by atoms with E-state index in [4.69, 9.17) is 10.6 Å². The summed E-state index contributed by atoms with van der Waals surface area (Å²) in [7, 11) is 0. The molecule has 0 aliphatic heterocycles. The van der Waals surface area contributed by atoms with Crippen LogP contribution in [0.25, 0.3) is 10.4 Å². The van der Waals surface area contributed by atoms with Crippen molar-refractivity contribution in [1.82, 2.24) is 0 Å². The van der Waals surface area contributed by atoms with E-state index in [0.717, 1.165) is 19.3 Å². The van der Waals surface area contributed by atoms with Crippen molar-refractivity contribution < 1.29 is 5.11 Å². The van der Waals surface area contributed by atoms with E-state index in [1.807, 2.05) is 0 Å². The molecule has 0 heterocycles. The van der Waals surface area contributed by atoms with Gasteiger partial charge in [0, 0.05) is 17.6 Å². The summed E-state index contributed by atoms with van der Waals surface area (Å²) in [5.41, 5.74) is 8.46. The van der Waals surface area contributed by atoms with Gasteiger partial charge in [-0.2, -0.15) is 0 Å². The normalized spacial score (nSPS) is 16.9. The number of hydrogen-bond acceptors (Lipinski definition) is 2. The van der Waals surface area contributed by atoms with Gasteiger partial charge in [-0.25, -0.2) is 0 Å². The highest BCUT2D eigenvalue weighted by atomic mass is 16.2. The number of azide groups is 1. The Labute approximate surface area is 86.0 Å². The molecular weight excluding hydrogens is 178 g/mol. The molecule has 0 rings (SSSR count). The minimum atomic E-state index is 0.0662. The van der Waals surface area contributed by atoms with Crippen LogP contribution in [0.1, 0.15) is 40.0 Å². The fourth-order valence-electron chi connectivity index (χ4n) is 1.67. The second-order valence-corrected chi connectivity index (χ2v) is 3.92. The Hall–Kier alpha value is -0.730. The maximum Gasteiger partial charge on any atom is 0.0431 e. The lowest BCUT2D eigenvalue weighted by Gasteiger charge is -2.24. The van der Waals surface area contributed by atoms with Gasteiger partial charge in [0.25, 0.3) is 0 Å². The van der Waals surface area contributed by atoms with E-state index in [-0.39, 0.29) is 12.6 Å². The lowest BCUT2D eigenvalue weighted by Crippen LogP contribution is -2.23. The van der Waals surface area contributed by atoms with E-state index in [1.165, 1.54) is 0 Å². The number of aliphatic hydroxyl groups is 1. The molecule has 3 unspecified atom stereocenters. The van der Waals surface area contributed by atoms with E-state index < -0.39 is 0 Å². The summed E-state index contributed by atoms with van der Waals surface area (Å²) in [5.74, 6) is 0.771. The molecule has 3 atom stereocenters. The van der Waals surface area contributed by atoms with E-state index in [9.17, 15) is 0 Å². The molecule has 0 aromatic rings. The molecule has 0 saturated heterocycles. The van der Waals surface area contributed by atoms with Crippen LogP contribution in [0.5, 0.6) is 0 Å². The van der Waals surface area contributed by atoms with Gasteiger partial charge in [-0.1, -0.05) is 32.3 Å². The van der Waals surface area contributed by atoms with E-state index >= 15 is 0 Å². The second kappa shape index (κ2) is 7.65. The van der Waals surface area contributed by atoms with Crippen molar-refractivity contribution >= 4 is 0 Å². The Kier molecular flexibility index (Phi) is 7.25. The Morgan fingerprint density at radius 2 is 2.00 bits per heavy atom. The third-order valence-electron chi connectivity index (χ3n) is 2.81. The molecule has 14 heavy (non-hydrogen) atoms. The van der Waals surface area contributed by atoms with Crippen molar-refractivity contribution in [3.8, 4) is 0 Å². The van der Waals surface area contributed by atoms with Crippen molar-refractivity contribution in [2.24, 2.45) is 17.0 Å². The average Bonchev–Trinajstić information content (AvgIpc) is 2.21. The van der Waals surface area contributed by atoms with Gasteiger partial charge in [0.1, 0.15) is 0 Å². The molecule has 1 N–H and O–H groups in total. The molecule has 0 aliphatic carbocycles. The molecule has 0 radical (unpaired) electrons. The molecule has 4 nitrogen and oxygen atoms in total. The minimum Gasteiger partial charge on any atom is -0.396 e. The topological polar surface area (TPSA) is 69.0 Å². The molecule has 0 spiro atoms. The smallest absolute Gasteiger partial charge is 0.0431 e. The Morgan fingerprint density at radius 1 is 1.36 bits per heavy atom. The summed E-state index contributed by atoms with van der Waals surface area (Å²) in [6.45, 7) is 6.51. The third kappa shape index (κ3) is 4.49. The highest BCUT2D eigenvalue weighted by Crippen LogP contribution is 2.23. The van der Waals surface area contributed by atoms with Gasteiger partial charge < -0.3 is 5.11 Å². The molecule has 0 fully saturated rings. The minimum absolute atomic E-state index is 0.0662. The first-order valence-electron chi connectivity index (χ1n) is 5.32. The summed E-state index contributed by atoms with van der Waals surface area (Å²) in [6, 6.07) is 0.0662. The lowest BCUT2D eigenvalue weighted by molar-refractivity contribution is 0.253. The van der Waals surface area contributed by atoms with Crippen molar-refractivity contribution in [2.45, 2.75) is 46.1 Å². The quantitative estimate of drug-likeness (QED) is 0.382. The first kappa shape index (κ1) is 13.3. The van der Waals surface area contributed by atoms with Crippen LogP contribution in [0.15, 0.2) is 5.11 Å². The zero-order chi connectivity index (χ0) is 11.0. The summed E-state index contributed by atoms with van der Waals surface area (Å²) >= 11 is 0. The average molecular weight is 199 g/mol. The van der Waals surface area contributed by atoms with Crippen LogP contribution in [-0.4, -0.2) is 17.8 Å². The van der Waals surface area contributed by atoms with E-state index in [0.29, 0.717) is 11.8 Å². The fraction of sp³-hybridized carbons (Fsp3) is 1.00. The van der Waals surface area contributed by atoms with Gasteiger partial charge in [-0.15, -0.1) is 0 Å². The monoisotopic (exact) mass is 199 g/mol. The zero-order valence-electron chi connectivity index (χ0n) is 9.35. The standard InChI is InChI=1S/C10H21N3O/c1-4-8(2)10(12-13-11)9(3)6-5-7-14/h8-10,14H,4-7H2,1-3H3. The van der Waals surface area contributed by atoms with Gasteiger partial charge >= 0.3 is 0 Å². The molecule has 0 aliphatic rings.